The summed E-state index contributed by atoms with van der Waals surface area (Å²) in [7, 11) is 4.98. The third kappa shape index (κ3) is 5.24. The highest BCUT2D eigenvalue weighted by atomic mass is 16.5. The number of hydrogen-bond donors (Lipinski definition) is 2. The van der Waals surface area contributed by atoms with Gasteiger partial charge >= 0.3 is 0 Å². The second-order valence-electron chi connectivity index (χ2n) is 10.3. The number of carbonyl (C=O) groups excluding carboxylic acids is 1. The van der Waals surface area contributed by atoms with Crippen LogP contribution in [0.4, 0.5) is 17.3 Å². The molecule has 1 aromatic carbocycles. The minimum Gasteiger partial charge on any atom is -0.497 e. The fraction of sp³-hybridized carbons (Fsp3) is 0.226. The summed E-state index contributed by atoms with van der Waals surface area (Å²) in [6, 6.07) is 14.2. The minimum absolute atomic E-state index is 0.0231. The number of anilines is 3. The van der Waals surface area contributed by atoms with Gasteiger partial charge < -0.3 is 25.4 Å². The third-order valence-corrected chi connectivity index (χ3v) is 7.69. The number of amides is 1. The largest absolute Gasteiger partial charge is 0.497 e. The Morgan fingerprint density at radius 2 is 1.84 bits per heavy atom. The van der Waals surface area contributed by atoms with E-state index in [1.807, 2.05) is 12.1 Å². The molecule has 44 heavy (non-hydrogen) atoms. The van der Waals surface area contributed by atoms with Gasteiger partial charge in [-0.2, -0.15) is 0 Å². The number of nitrogen functional groups attached to an aromatic ring is 1. The number of methoxy groups -OCH3 is 2. The second kappa shape index (κ2) is 11.6. The molecule has 1 aliphatic rings. The van der Waals surface area contributed by atoms with Crippen molar-refractivity contribution in [3.05, 3.63) is 88.7 Å². The monoisotopic (exact) mass is 593 g/mol. The van der Waals surface area contributed by atoms with Crippen LogP contribution in [0, 0.1) is 6.92 Å². The molecule has 0 atom stereocenters. The number of nitrogens with two attached hydrogens (primary N) is 1. The quantitative estimate of drug-likeness (QED) is 0.274. The van der Waals surface area contributed by atoms with E-state index in [-0.39, 0.29) is 17.5 Å². The number of aromatic nitrogens is 6. The molecule has 6 rings (SSSR count). The van der Waals surface area contributed by atoms with Crippen LogP contribution >= 0.6 is 0 Å². The fourth-order valence-electron chi connectivity index (χ4n) is 5.06. The van der Waals surface area contributed by atoms with Gasteiger partial charge in [0.05, 0.1) is 54.1 Å². The molecular weight excluding hydrogens is 562 g/mol. The molecule has 1 aliphatic heterocycles. The number of nitrogens with one attached hydrogen (secondary N) is 1. The molecule has 224 valence electrons. The van der Waals surface area contributed by atoms with Crippen LogP contribution in [0.15, 0.2) is 71.9 Å². The van der Waals surface area contributed by atoms with Crippen LogP contribution in [0.3, 0.4) is 0 Å². The molecule has 0 saturated carbocycles. The van der Waals surface area contributed by atoms with Crippen LogP contribution in [0.2, 0.25) is 0 Å². The molecule has 3 N–H and O–H groups in total. The molecule has 1 saturated heterocycles. The lowest BCUT2D eigenvalue weighted by molar-refractivity contribution is 0.0783. The van der Waals surface area contributed by atoms with Crippen LogP contribution in [0.25, 0.3) is 28.3 Å². The first kappa shape index (κ1) is 28.6. The first-order valence-corrected chi connectivity index (χ1v) is 13.8. The molecule has 0 spiro atoms. The normalized spacial score (nSPS) is 13.0. The van der Waals surface area contributed by atoms with Crippen molar-refractivity contribution in [3.8, 4) is 34.1 Å². The van der Waals surface area contributed by atoms with E-state index in [1.54, 1.807) is 81.7 Å². The number of carbonyl (C=O) groups is 1. The number of nitrogens with zero attached hydrogens (tertiary/aromatic N) is 7. The molecule has 4 aromatic heterocycles. The van der Waals surface area contributed by atoms with E-state index in [9.17, 15) is 9.59 Å². The highest BCUT2D eigenvalue weighted by molar-refractivity contribution is 6.05. The van der Waals surface area contributed by atoms with Crippen molar-refractivity contribution in [2.24, 2.45) is 7.05 Å². The van der Waals surface area contributed by atoms with Gasteiger partial charge in [-0.25, -0.2) is 19.6 Å². The lowest BCUT2D eigenvalue weighted by Gasteiger charge is -2.39. The molecule has 5 aromatic rings. The van der Waals surface area contributed by atoms with Crippen molar-refractivity contribution < 1.29 is 14.3 Å². The molecule has 1 fully saturated rings. The SMILES string of the molecule is COc1cccc(-n2c(=O)c(C(=O)Nc3ccc(-c4nc(-c5ccnc(N6CC(OC)C6)c5)cnc4N)nc3)c(C)n2C)c1. The standard InChI is InChI=1S/C31H31N9O4/c1-18-27(31(42)40(38(18)2)21-6-5-7-22(13-21)43-3)30(41)36-20-8-9-24(34-14-20)28-29(32)35-15-25(37-28)19-10-11-33-26(12-19)39-16-23(17-39)44-4/h5-15,23H,16-17H2,1-4H3,(H2,32,35)(H,36,41). The van der Waals surface area contributed by atoms with Crippen LogP contribution in [0.1, 0.15) is 16.1 Å². The molecule has 13 nitrogen and oxygen atoms in total. The summed E-state index contributed by atoms with van der Waals surface area (Å²) in [5.74, 6) is 1.10. The van der Waals surface area contributed by atoms with Gasteiger partial charge in [-0.3, -0.25) is 19.3 Å². The van der Waals surface area contributed by atoms with E-state index in [0.717, 1.165) is 24.5 Å². The molecule has 1 amide bonds. The highest BCUT2D eigenvalue weighted by Gasteiger charge is 2.28. The highest BCUT2D eigenvalue weighted by Crippen LogP contribution is 2.28. The predicted molar refractivity (Wildman–Crippen MR) is 166 cm³/mol. The Hall–Kier alpha value is -5.56. The maximum Gasteiger partial charge on any atom is 0.284 e. The summed E-state index contributed by atoms with van der Waals surface area (Å²) in [6.45, 7) is 3.27. The van der Waals surface area contributed by atoms with Crippen LogP contribution in [-0.2, 0) is 11.8 Å². The van der Waals surface area contributed by atoms with Gasteiger partial charge in [-0.05, 0) is 43.3 Å². The summed E-state index contributed by atoms with van der Waals surface area (Å²) < 4.78 is 13.7. The van der Waals surface area contributed by atoms with Crippen LogP contribution in [-0.4, -0.2) is 68.6 Å². The Balaban J connectivity index is 1.22. The summed E-state index contributed by atoms with van der Waals surface area (Å²) in [4.78, 5) is 46.8. The molecule has 0 unspecified atom stereocenters. The van der Waals surface area contributed by atoms with Gasteiger partial charge in [-0.1, -0.05) is 6.07 Å². The zero-order chi connectivity index (χ0) is 31.0. The van der Waals surface area contributed by atoms with Crippen molar-refractivity contribution in [3.63, 3.8) is 0 Å². The first-order valence-electron chi connectivity index (χ1n) is 13.8. The van der Waals surface area contributed by atoms with Crippen molar-refractivity contribution in [1.82, 2.24) is 29.3 Å². The third-order valence-electron chi connectivity index (χ3n) is 7.69. The molecule has 0 radical (unpaired) electrons. The summed E-state index contributed by atoms with van der Waals surface area (Å²) >= 11 is 0. The Morgan fingerprint density at radius 3 is 2.57 bits per heavy atom. The van der Waals surface area contributed by atoms with E-state index >= 15 is 0 Å². The average molecular weight is 594 g/mol. The Kier molecular flexibility index (Phi) is 7.53. The fourth-order valence-corrected chi connectivity index (χ4v) is 5.06. The maximum atomic E-state index is 13.4. The zero-order valence-corrected chi connectivity index (χ0v) is 24.7. The van der Waals surface area contributed by atoms with E-state index < -0.39 is 11.5 Å². The van der Waals surface area contributed by atoms with Gasteiger partial charge in [-0.15, -0.1) is 0 Å². The summed E-state index contributed by atoms with van der Waals surface area (Å²) in [5, 5.41) is 2.78. The number of hydrogen-bond acceptors (Lipinski definition) is 10. The molecule has 0 aliphatic carbocycles. The summed E-state index contributed by atoms with van der Waals surface area (Å²) in [6.07, 6.45) is 5.04. The minimum atomic E-state index is -0.548. The molecule has 0 bridgehead atoms. The van der Waals surface area contributed by atoms with E-state index in [2.05, 4.69) is 25.2 Å². The smallest absolute Gasteiger partial charge is 0.284 e. The Bertz CT molecular complexity index is 1910. The van der Waals surface area contributed by atoms with Gasteiger partial charge in [0, 0.05) is 45.1 Å². The van der Waals surface area contributed by atoms with Crippen LogP contribution < -0.4 is 26.2 Å². The predicted octanol–water partition coefficient (Wildman–Crippen LogP) is 3.08. The maximum absolute atomic E-state index is 13.4. The first-order chi connectivity index (χ1) is 21.3. The van der Waals surface area contributed by atoms with Gasteiger partial charge in [0.1, 0.15) is 22.8 Å². The molecule has 5 heterocycles. The number of pyridine rings is 2. The Morgan fingerprint density at radius 1 is 1.02 bits per heavy atom. The van der Waals surface area contributed by atoms with Gasteiger partial charge in [0.2, 0.25) is 0 Å². The lowest BCUT2D eigenvalue weighted by atomic mass is 10.1. The number of ether oxygens (including phenoxy) is 2. The number of benzene rings is 1. The molecule has 13 heteroatoms. The number of rotatable bonds is 8. The van der Waals surface area contributed by atoms with Crippen LogP contribution in [0.5, 0.6) is 5.75 Å². The van der Waals surface area contributed by atoms with E-state index in [0.29, 0.717) is 39.9 Å². The summed E-state index contributed by atoms with van der Waals surface area (Å²) in [5.41, 5.74) is 9.58. The van der Waals surface area contributed by atoms with Gasteiger partial charge in [0.25, 0.3) is 11.5 Å². The van der Waals surface area contributed by atoms with E-state index in [4.69, 9.17) is 20.2 Å². The zero-order valence-electron chi connectivity index (χ0n) is 24.7. The van der Waals surface area contributed by atoms with E-state index in [1.165, 1.54) is 10.9 Å². The van der Waals surface area contributed by atoms with Crippen molar-refractivity contribution in [2.75, 3.05) is 43.3 Å². The van der Waals surface area contributed by atoms with Crippen molar-refractivity contribution in [1.29, 1.82) is 0 Å². The average Bonchev–Trinajstić information content (AvgIpc) is 3.24. The van der Waals surface area contributed by atoms with Gasteiger partial charge in [0.15, 0.2) is 5.82 Å². The lowest BCUT2D eigenvalue weighted by Crippen LogP contribution is -2.52. The second-order valence-corrected chi connectivity index (χ2v) is 10.3. The molecular formula is C31H31N9O4. The Labute approximate surface area is 252 Å². The van der Waals surface area contributed by atoms with Crippen molar-refractivity contribution >= 4 is 23.2 Å². The topological polar surface area (TPSA) is 155 Å². The van der Waals surface area contributed by atoms with Crippen molar-refractivity contribution in [2.45, 2.75) is 13.0 Å².